The lowest BCUT2D eigenvalue weighted by atomic mass is 10.1. The molecule has 0 spiro atoms. The van der Waals surface area contributed by atoms with Gasteiger partial charge in [0.2, 0.25) is 0 Å². The summed E-state index contributed by atoms with van der Waals surface area (Å²) in [6.45, 7) is 3.58. The molecule has 0 radical (unpaired) electrons. The molecule has 0 N–H and O–H groups in total. The summed E-state index contributed by atoms with van der Waals surface area (Å²) in [5, 5.41) is 0. The van der Waals surface area contributed by atoms with E-state index in [-0.39, 0.29) is 18.3 Å². The van der Waals surface area contributed by atoms with Crippen molar-refractivity contribution in [3.63, 3.8) is 0 Å². The highest BCUT2D eigenvalue weighted by molar-refractivity contribution is 5.95. The number of rotatable bonds is 5. The van der Waals surface area contributed by atoms with Gasteiger partial charge < -0.3 is 9.64 Å². The predicted octanol–water partition coefficient (Wildman–Crippen LogP) is 1.89. The van der Waals surface area contributed by atoms with Crippen LogP contribution in [-0.4, -0.2) is 36.3 Å². The highest BCUT2D eigenvalue weighted by atomic mass is 16.5. The van der Waals surface area contributed by atoms with E-state index in [1.165, 1.54) is 0 Å². The molecule has 0 unspecified atom stereocenters. The van der Waals surface area contributed by atoms with Gasteiger partial charge in [0, 0.05) is 25.1 Å². The molecule has 2 rings (SSSR count). The molecule has 4 nitrogen and oxygen atoms in total. The molecule has 1 aromatic rings. The Bertz CT molecular complexity index is 435. The molecule has 4 heteroatoms. The number of carbonyl (C=O) groups is 2. The summed E-state index contributed by atoms with van der Waals surface area (Å²) >= 11 is 0. The lowest BCUT2D eigenvalue weighted by Crippen LogP contribution is -2.44. The molecule has 1 heterocycles. The van der Waals surface area contributed by atoms with E-state index in [0.29, 0.717) is 17.7 Å². The van der Waals surface area contributed by atoms with E-state index in [4.69, 9.17) is 4.74 Å². The van der Waals surface area contributed by atoms with Crippen LogP contribution in [-0.2, 0) is 4.79 Å². The van der Waals surface area contributed by atoms with E-state index in [9.17, 15) is 9.59 Å². The molecule has 96 valence electrons. The standard InChI is InChI=1S/C14H17NO3/c1-2-13(16)11-4-6-12(7-5-11)18-10-14(17)15-8-3-9-15/h4-7H,2-3,8-10H2,1H3. The van der Waals surface area contributed by atoms with Crippen molar-refractivity contribution >= 4 is 11.7 Å². The minimum atomic E-state index is 0.0231. The molecule has 0 saturated carbocycles. The minimum absolute atomic E-state index is 0.0231. The zero-order valence-electron chi connectivity index (χ0n) is 10.5. The third-order valence-electron chi connectivity index (χ3n) is 3.07. The second kappa shape index (κ2) is 5.67. The molecule has 18 heavy (non-hydrogen) atoms. The van der Waals surface area contributed by atoms with Gasteiger partial charge in [-0.2, -0.15) is 0 Å². The summed E-state index contributed by atoms with van der Waals surface area (Å²) in [7, 11) is 0. The largest absolute Gasteiger partial charge is 0.484 e. The number of nitrogens with zero attached hydrogens (tertiary/aromatic N) is 1. The van der Waals surface area contributed by atoms with Crippen molar-refractivity contribution in [3.05, 3.63) is 29.8 Å². The van der Waals surface area contributed by atoms with Crippen LogP contribution < -0.4 is 4.74 Å². The molecule has 0 aliphatic carbocycles. The van der Waals surface area contributed by atoms with E-state index in [1.54, 1.807) is 29.2 Å². The Kier molecular flexibility index (Phi) is 3.97. The third kappa shape index (κ3) is 2.88. The first kappa shape index (κ1) is 12.6. The zero-order chi connectivity index (χ0) is 13.0. The predicted molar refractivity (Wildman–Crippen MR) is 67.8 cm³/mol. The lowest BCUT2D eigenvalue weighted by molar-refractivity contribution is -0.136. The zero-order valence-corrected chi connectivity index (χ0v) is 10.5. The monoisotopic (exact) mass is 247 g/mol. The first-order valence-corrected chi connectivity index (χ1v) is 6.24. The minimum Gasteiger partial charge on any atom is -0.484 e. The van der Waals surface area contributed by atoms with Crippen molar-refractivity contribution in [2.45, 2.75) is 19.8 Å². The Morgan fingerprint density at radius 1 is 1.22 bits per heavy atom. The smallest absolute Gasteiger partial charge is 0.260 e. The van der Waals surface area contributed by atoms with Gasteiger partial charge in [0.1, 0.15) is 5.75 Å². The first-order chi connectivity index (χ1) is 8.70. The quantitative estimate of drug-likeness (QED) is 0.746. The Hall–Kier alpha value is -1.84. The van der Waals surface area contributed by atoms with Crippen LogP contribution in [0.5, 0.6) is 5.75 Å². The van der Waals surface area contributed by atoms with E-state index in [0.717, 1.165) is 19.5 Å². The van der Waals surface area contributed by atoms with Gasteiger partial charge >= 0.3 is 0 Å². The average Bonchev–Trinajstić information content (AvgIpc) is 2.34. The molecule has 1 saturated heterocycles. The van der Waals surface area contributed by atoms with Crippen LogP contribution in [0.25, 0.3) is 0 Å². The number of hydrogen-bond acceptors (Lipinski definition) is 3. The molecular weight excluding hydrogens is 230 g/mol. The fourth-order valence-electron chi connectivity index (χ4n) is 1.74. The number of carbonyl (C=O) groups excluding carboxylic acids is 2. The van der Waals surface area contributed by atoms with Crippen molar-refractivity contribution in [1.29, 1.82) is 0 Å². The number of ketones is 1. The maximum absolute atomic E-state index is 11.6. The van der Waals surface area contributed by atoms with Crippen LogP contribution in [0.3, 0.4) is 0 Å². The fourth-order valence-corrected chi connectivity index (χ4v) is 1.74. The van der Waals surface area contributed by atoms with Gasteiger partial charge in [-0.3, -0.25) is 9.59 Å². The molecule has 0 bridgehead atoms. The number of Topliss-reactive ketones (excluding diaryl/α,β-unsaturated/α-hetero) is 1. The van der Waals surface area contributed by atoms with Crippen LogP contribution in [0.15, 0.2) is 24.3 Å². The number of ether oxygens (including phenoxy) is 1. The van der Waals surface area contributed by atoms with Crippen molar-refractivity contribution in [1.82, 2.24) is 4.90 Å². The summed E-state index contributed by atoms with van der Waals surface area (Å²) in [5.74, 6) is 0.754. The number of hydrogen-bond donors (Lipinski definition) is 0. The van der Waals surface area contributed by atoms with Gasteiger partial charge in [0.05, 0.1) is 0 Å². The summed E-state index contributed by atoms with van der Waals surface area (Å²) in [6, 6.07) is 6.92. The van der Waals surface area contributed by atoms with Gasteiger partial charge in [-0.1, -0.05) is 6.92 Å². The van der Waals surface area contributed by atoms with Gasteiger partial charge in [-0.15, -0.1) is 0 Å². The topological polar surface area (TPSA) is 46.6 Å². The Morgan fingerprint density at radius 3 is 2.39 bits per heavy atom. The van der Waals surface area contributed by atoms with E-state index in [1.807, 2.05) is 6.92 Å². The lowest BCUT2D eigenvalue weighted by Gasteiger charge is -2.30. The molecule has 1 aliphatic heterocycles. The van der Waals surface area contributed by atoms with Gasteiger partial charge in [0.15, 0.2) is 12.4 Å². The number of likely N-dealkylation sites (tertiary alicyclic amines) is 1. The molecule has 1 fully saturated rings. The Labute approximate surface area is 107 Å². The maximum Gasteiger partial charge on any atom is 0.260 e. The number of amides is 1. The van der Waals surface area contributed by atoms with Crippen LogP contribution in [0.4, 0.5) is 0 Å². The third-order valence-corrected chi connectivity index (χ3v) is 3.07. The van der Waals surface area contributed by atoms with Crippen molar-refractivity contribution in [3.8, 4) is 5.75 Å². The first-order valence-electron chi connectivity index (χ1n) is 6.24. The molecular formula is C14H17NO3. The number of benzene rings is 1. The van der Waals surface area contributed by atoms with Crippen molar-refractivity contribution in [2.24, 2.45) is 0 Å². The Balaban J connectivity index is 1.86. The van der Waals surface area contributed by atoms with Crippen molar-refractivity contribution in [2.75, 3.05) is 19.7 Å². The van der Waals surface area contributed by atoms with Crippen LogP contribution in [0.2, 0.25) is 0 Å². The van der Waals surface area contributed by atoms with E-state index >= 15 is 0 Å². The second-order valence-corrected chi connectivity index (χ2v) is 4.32. The highest BCUT2D eigenvalue weighted by Gasteiger charge is 2.20. The summed E-state index contributed by atoms with van der Waals surface area (Å²) in [5.41, 5.74) is 0.680. The summed E-state index contributed by atoms with van der Waals surface area (Å²) < 4.78 is 5.39. The summed E-state index contributed by atoms with van der Waals surface area (Å²) in [6.07, 6.45) is 1.58. The normalized spacial score (nSPS) is 13.9. The highest BCUT2D eigenvalue weighted by Crippen LogP contribution is 2.14. The van der Waals surface area contributed by atoms with E-state index in [2.05, 4.69) is 0 Å². The Morgan fingerprint density at radius 2 is 1.89 bits per heavy atom. The van der Waals surface area contributed by atoms with Gasteiger partial charge in [-0.25, -0.2) is 0 Å². The van der Waals surface area contributed by atoms with Gasteiger partial charge in [-0.05, 0) is 30.7 Å². The van der Waals surface area contributed by atoms with Crippen molar-refractivity contribution < 1.29 is 14.3 Å². The second-order valence-electron chi connectivity index (χ2n) is 4.32. The van der Waals surface area contributed by atoms with Crippen LogP contribution in [0.1, 0.15) is 30.1 Å². The van der Waals surface area contributed by atoms with Crippen LogP contribution in [0, 0.1) is 0 Å². The average molecular weight is 247 g/mol. The van der Waals surface area contributed by atoms with Crippen LogP contribution >= 0.6 is 0 Å². The summed E-state index contributed by atoms with van der Waals surface area (Å²) in [4.78, 5) is 24.8. The molecule has 1 amide bonds. The molecule has 1 aliphatic rings. The SMILES string of the molecule is CCC(=O)c1ccc(OCC(=O)N2CCC2)cc1. The fraction of sp³-hybridized carbons (Fsp3) is 0.429. The molecule has 0 aromatic heterocycles. The maximum atomic E-state index is 11.6. The van der Waals surface area contributed by atoms with Gasteiger partial charge in [0.25, 0.3) is 5.91 Å². The van der Waals surface area contributed by atoms with E-state index < -0.39 is 0 Å². The molecule has 1 aromatic carbocycles. The molecule has 0 atom stereocenters.